The second-order valence-electron chi connectivity index (χ2n) is 7.69. The van der Waals surface area contributed by atoms with Crippen molar-refractivity contribution < 1.29 is 19.4 Å². The minimum Gasteiger partial charge on any atom is -0.185 e. The molecule has 0 radical (unpaired) electrons. The van der Waals surface area contributed by atoms with E-state index in [-0.39, 0.29) is 0 Å². The minimum absolute atomic E-state index is 0.851. The van der Waals surface area contributed by atoms with Crippen LogP contribution in [0.1, 0.15) is 38.5 Å². The number of halogens is 2. The van der Waals surface area contributed by atoms with E-state index in [1.165, 1.54) is 64.8 Å². The number of imidazole rings is 1. The van der Waals surface area contributed by atoms with Crippen LogP contribution in [0.2, 0.25) is 0 Å². The van der Waals surface area contributed by atoms with Gasteiger partial charge < -0.3 is 0 Å². The van der Waals surface area contributed by atoms with Crippen molar-refractivity contribution in [3.05, 3.63) is 64.5 Å². The molecular weight excluding hydrogens is 779 g/mol. The van der Waals surface area contributed by atoms with Crippen LogP contribution in [0.25, 0.3) is 22.5 Å². The molecule has 0 aliphatic heterocycles. The summed E-state index contributed by atoms with van der Waals surface area (Å²) < 4.78 is 8.03. The largest absolute Gasteiger partial charge is 0.185 e. The Morgan fingerprint density at radius 2 is 1.13 bits per heavy atom. The van der Waals surface area contributed by atoms with E-state index < -0.39 is 0 Å². The maximum Gasteiger partial charge on any atom is 0.0311 e. The molecule has 0 bridgehead atoms. The second-order valence-corrected chi connectivity index (χ2v) is 12.6. The Labute approximate surface area is 219 Å². The third kappa shape index (κ3) is 6.17. The number of aromatic nitrogens is 2. The SMILES string of the molecule is Cn1c(-c2ccccc2)c(-c2ccccc2)n(C)[c]1=[Pt].IN(I)C1CCCCCC1. The van der Waals surface area contributed by atoms with E-state index >= 15 is 0 Å². The summed E-state index contributed by atoms with van der Waals surface area (Å²) in [6, 6.07) is 22.0. The fourth-order valence-corrected chi connectivity index (χ4v) is 5.64. The number of benzene rings is 2. The fourth-order valence-electron chi connectivity index (χ4n) is 4.02. The third-order valence-electron chi connectivity index (χ3n) is 5.60. The van der Waals surface area contributed by atoms with E-state index in [0.29, 0.717) is 0 Å². The predicted octanol–water partition coefficient (Wildman–Crippen LogP) is 7.49. The van der Waals surface area contributed by atoms with Crippen LogP contribution in [0.15, 0.2) is 60.7 Å². The Balaban J connectivity index is 0.000000216. The molecule has 6 heteroatoms. The number of hydrogen-bond acceptors (Lipinski definition) is 1. The van der Waals surface area contributed by atoms with Gasteiger partial charge in [0.1, 0.15) is 0 Å². The molecule has 3 nitrogen and oxygen atoms in total. The Hall–Kier alpha value is -0.242. The standard InChI is InChI=1S/C17H16N2.C7H13I2N.Pt/c1-18-13-19(2)17(15-11-7-4-8-12-15)16(18)14-9-5-3-6-10-14;8-10(9)7-5-3-1-2-4-6-7;/h3-12H,1-2H3;7H,1-6H2;. The van der Waals surface area contributed by atoms with Gasteiger partial charge in [-0.15, -0.1) is 0 Å². The van der Waals surface area contributed by atoms with Crippen molar-refractivity contribution in [2.24, 2.45) is 14.1 Å². The van der Waals surface area contributed by atoms with Gasteiger partial charge in [-0.2, -0.15) is 1.33 Å². The van der Waals surface area contributed by atoms with E-state index in [1.807, 2.05) is 0 Å². The smallest absolute Gasteiger partial charge is 0.0311 e. The molecule has 0 saturated heterocycles. The van der Waals surface area contributed by atoms with Gasteiger partial charge in [-0.3, -0.25) is 0 Å². The van der Waals surface area contributed by atoms with Crippen molar-refractivity contribution >= 4 is 45.7 Å². The van der Waals surface area contributed by atoms with Crippen LogP contribution in [0, 0.1) is 3.80 Å². The first-order chi connectivity index (χ1) is 14.5. The summed E-state index contributed by atoms with van der Waals surface area (Å²) in [5, 5.41) is 0. The number of hydrogen-bond donors (Lipinski definition) is 0. The molecule has 0 spiro atoms. The maximum absolute atomic E-state index is 2.40. The van der Waals surface area contributed by atoms with Crippen molar-refractivity contribution in [2.75, 3.05) is 0 Å². The van der Waals surface area contributed by atoms with Gasteiger partial charge in [0.2, 0.25) is 0 Å². The molecule has 1 aliphatic carbocycles. The van der Waals surface area contributed by atoms with Gasteiger partial charge in [0.05, 0.1) is 0 Å². The zero-order valence-corrected chi connectivity index (χ0v) is 24.1. The average molecular weight is 808 g/mol. The molecule has 1 aliphatic rings. The summed E-state index contributed by atoms with van der Waals surface area (Å²) in [7, 11) is 4.24. The summed E-state index contributed by atoms with van der Waals surface area (Å²) in [4.78, 5) is 0. The molecule has 164 valence electrons. The monoisotopic (exact) mass is 808 g/mol. The topological polar surface area (TPSA) is 13.1 Å². The van der Waals surface area contributed by atoms with Gasteiger partial charge in [-0.1, -0.05) is 25.7 Å². The van der Waals surface area contributed by atoms with Gasteiger partial charge in [-0.25, -0.2) is 0 Å². The van der Waals surface area contributed by atoms with Crippen LogP contribution in [0.3, 0.4) is 0 Å². The molecule has 1 saturated carbocycles. The molecule has 1 fully saturated rings. The van der Waals surface area contributed by atoms with Gasteiger partial charge in [-0.05, 0) is 12.8 Å². The zero-order chi connectivity index (χ0) is 21.5. The first-order valence-electron chi connectivity index (χ1n) is 10.4. The molecule has 1 aromatic heterocycles. The first kappa shape index (κ1) is 24.4. The molecule has 0 N–H and O–H groups in total. The average Bonchev–Trinajstić information content (AvgIpc) is 2.97. The number of rotatable bonds is 3. The van der Waals surface area contributed by atoms with Gasteiger partial charge in [0.15, 0.2) is 0 Å². The van der Waals surface area contributed by atoms with Crippen LogP contribution in [0.4, 0.5) is 0 Å². The minimum atomic E-state index is 0.851. The van der Waals surface area contributed by atoms with Crippen molar-refractivity contribution in [3.8, 4) is 22.5 Å². The van der Waals surface area contributed by atoms with E-state index in [4.69, 9.17) is 0 Å². The molecule has 4 rings (SSSR count). The van der Waals surface area contributed by atoms with Gasteiger partial charge >= 0.3 is 130 Å². The number of nitrogens with zero attached hydrogens (tertiary/aromatic N) is 3. The fraction of sp³-hybridized carbons (Fsp3) is 0.375. The molecule has 2 aromatic carbocycles. The Kier molecular flexibility index (Phi) is 9.86. The predicted molar refractivity (Wildman–Crippen MR) is 140 cm³/mol. The molecule has 1 heterocycles. The van der Waals surface area contributed by atoms with Crippen LogP contribution in [0.5, 0.6) is 0 Å². The first-order valence-corrected chi connectivity index (χ1v) is 13.5. The summed E-state index contributed by atoms with van der Waals surface area (Å²) in [6.07, 6.45) is 8.60. The molecule has 0 unspecified atom stereocenters. The van der Waals surface area contributed by atoms with Crippen LogP contribution >= 0.6 is 45.7 Å². The third-order valence-corrected chi connectivity index (χ3v) is 8.70. The van der Waals surface area contributed by atoms with Crippen LogP contribution in [-0.2, 0) is 33.4 Å². The second kappa shape index (κ2) is 12.1. The molecule has 0 atom stereocenters. The summed E-state index contributed by atoms with van der Waals surface area (Å²) >= 11 is 7.17. The van der Waals surface area contributed by atoms with Crippen molar-refractivity contribution in [1.82, 2.24) is 10.5 Å². The maximum atomic E-state index is 2.40. The van der Waals surface area contributed by atoms with Crippen LogP contribution in [-0.4, -0.2) is 16.5 Å². The molecule has 30 heavy (non-hydrogen) atoms. The van der Waals surface area contributed by atoms with Gasteiger partial charge in [0.25, 0.3) is 0 Å². The van der Waals surface area contributed by atoms with Crippen molar-refractivity contribution in [1.29, 1.82) is 0 Å². The van der Waals surface area contributed by atoms with E-state index in [1.54, 1.807) is 0 Å². The molecule has 3 aromatic rings. The van der Waals surface area contributed by atoms with E-state index in [2.05, 4.69) is 150 Å². The summed E-state index contributed by atoms with van der Waals surface area (Å²) in [5.41, 5.74) is 4.99. The summed E-state index contributed by atoms with van der Waals surface area (Å²) in [5.74, 6) is 0. The quantitative estimate of drug-likeness (QED) is 0.152. The Bertz CT molecular complexity index is 907. The van der Waals surface area contributed by atoms with E-state index in [9.17, 15) is 0 Å². The summed E-state index contributed by atoms with van der Waals surface area (Å²) in [6.45, 7) is 0. The van der Waals surface area contributed by atoms with Crippen molar-refractivity contribution in [2.45, 2.75) is 44.6 Å². The van der Waals surface area contributed by atoms with E-state index in [0.717, 1.165) is 6.04 Å². The Morgan fingerprint density at radius 3 is 1.50 bits per heavy atom. The van der Waals surface area contributed by atoms with Crippen molar-refractivity contribution in [3.63, 3.8) is 0 Å². The molecular formula is C24H29I2N3Pt. The Morgan fingerprint density at radius 1 is 0.733 bits per heavy atom. The zero-order valence-electron chi connectivity index (χ0n) is 17.5. The normalized spacial score (nSPS) is 14.9. The van der Waals surface area contributed by atoms with Crippen LogP contribution < -0.4 is 0 Å². The van der Waals surface area contributed by atoms with Gasteiger partial charge in [0, 0.05) is 51.8 Å². The molecule has 0 amide bonds.